The average molecular weight is 493 g/mol. The van der Waals surface area contributed by atoms with Crippen molar-refractivity contribution in [3.8, 4) is 5.75 Å². The number of benzene rings is 3. The summed E-state index contributed by atoms with van der Waals surface area (Å²) in [5.74, 6) is 0.186. The van der Waals surface area contributed by atoms with E-state index < -0.39 is 16.1 Å². The van der Waals surface area contributed by atoms with E-state index in [-0.39, 0.29) is 10.8 Å². The van der Waals surface area contributed by atoms with Crippen molar-refractivity contribution in [2.45, 2.75) is 31.3 Å². The Labute approximate surface area is 197 Å². The molecule has 0 spiro atoms. The highest BCUT2D eigenvalue weighted by Crippen LogP contribution is 2.24. The molecule has 0 fully saturated rings. The van der Waals surface area contributed by atoms with Crippen molar-refractivity contribution in [2.24, 2.45) is 0 Å². The molecule has 0 bridgehead atoms. The number of ether oxygens (including phenoxy) is 1. The minimum absolute atomic E-state index is 0.0549. The van der Waals surface area contributed by atoms with Crippen molar-refractivity contribution in [3.63, 3.8) is 0 Å². The molecule has 3 rings (SSSR count). The van der Waals surface area contributed by atoms with Crippen LogP contribution in [0.3, 0.4) is 0 Å². The van der Waals surface area contributed by atoms with Gasteiger partial charge < -0.3 is 10.1 Å². The smallest absolute Gasteiger partial charge is 0.265 e. The Morgan fingerprint density at radius 1 is 0.969 bits per heavy atom. The van der Waals surface area contributed by atoms with Crippen LogP contribution in [-0.2, 0) is 14.8 Å². The highest BCUT2D eigenvalue weighted by molar-refractivity contribution is 7.92. The third-order valence-electron chi connectivity index (χ3n) is 4.63. The van der Waals surface area contributed by atoms with E-state index in [4.69, 9.17) is 27.9 Å². The first-order chi connectivity index (χ1) is 15.2. The molecule has 1 amide bonds. The molecule has 0 aliphatic heterocycles. The lowest BCUT2D eigenvalue weighted by molar-refractivity contribution is -0.122. The lowest BCUT2D eigenvalue weighted by Crippen LogP contribution is -2.32. The predicted molar refractivity (Wildman–Crippen MR) is 128 cm³/mol. The molecule has 9 heteroatoms. The molecule has 2 N–H and O–H groups in total. The van der Waals surface area contributed by atoms with Crippen LogP contribution in [0.5, 0.6) is 5.75 Å². The number of anilines is 2. The molecule has 32 heavy (non-hydrogen) atoms. The molecule has 3 aromatic carbocycles. The van der Waals surface area contributed by atoms with Gasteiger partial charge in [0.1, 0.15) is 5.75 Å². The molecule has 0 heterocycles. The van der Waals surface area contributed by atoms with E-state index in [1.54, 1.807) is 49.4 Å². The molecule has 0 radical (unpaired) electrons. The Kier molecular flexibility index (Phi) is 7.66. The maximum Gasteiger partial charge on any atom is 0.265 e. The van der Waals surface area contributed by atoms with Gasteiger partial charge in [-0.3, -0.25) is 9.52 Å². The third kappa shape index (κ3) is 6.16. The number of aryl methyl sites for hydroxylation is 1. The Bertz CT molecular complexity index is 1200. The number of nitrogens with one attached hydrogen (secondary N) is 2. The van der Waals surface area contributed by atoms with E-state index in [1.165, 1.54) is 24.3 Å². The molecule has 3 aromatic rings. The topological polar surface area (TPSA) is 84.5 Å². The molecular formula is C23H22Cl2N2O4S. The molecule has 0 saturated heterocycles. The lowest BCUT2D eigenvalue weighted by Gasteiger charge is -2.17. The molecule has 0 saturated carbocycles. The SMILES string of the molecule is CC[C@@H](Oc1ccc(Cl)cc1)C(=O)Nc1ccc(S(=O)(=O)Nc2cc(Cl)ccc2C)cc1. The minimum Gasteiger partial charge on any atom is -0.481 e. The van der Waals surface area contributed by atoms with E-state index in [0.29, 0.717) is 33.6 Å². The summed E-state index contributed by atoms with van der Waals surface area (Å²) in [6.45, 7) is 3.61. The summed E-state index contributed by atoms with van der Waals surface area (Å²) in [5.41, 5.74) is 1.60. The van der Waals surface area contributed by atoms with Crippen LogP contribution in [0.2, 0.25) is 10.0 Å². The maximum absolute atomic E-state index is 12.7. The van der Waals surface area contributed by atoms with Gasteiger partial charge in [-0.15, -0.1) is 0 Å². The fourth-order valence-corrected chi connectivity index (χ4v) is 4.27. The molecule has 0 aliphatic carbocycles. The highest BCUT2D eigenvalue weighted by atomic mass is 35.5. The van der Waals surface area contributed by atoms with Crippen molar-refractivity contribution in [1.82, 2.24) is 0 Å². The van der Waals surface area contributed by atoms with Crippen LogP contribution in [0.4, 0.5) is 11.4 Å². The third-order valence-corrected chi connectivity index (χ3v) is 6.50. The zero-order chi connectivity index (χ0) is 23.3. The van der Waals surface area contributed by atoms with Crippen LogP contribution >= 0.6 is 23.2 Å². The number of carbonyl (C=O) groups excluding carboxylic acids is 1. The van der Waals surface area contributed by atoms with Crippen molar-refractivity contribution in [2.75, 3.05) is 10.0 Å². The molecule has 0 aromatic heterocycles. The number of amides is 1. The lowest BCUT2D eigenvalue weighted by atomic mass is 10.2. The Morgan fingerprint density at radius 3 is 2.22 bits per heavy atom. The van der Waals surface area contributed by atoms with Gasteiger partial charge in [0.05, 0.1) is 10.6 Å². The second-order valence-corrected chi connectivity index (χ2v) is 9.60. The summed E-state index contributed by atoms with van der Waals surface area (Å²) in [4.78, 5) is 12.7. The van der Waals surface area contributed by atoms with Crippen molar-refractivity contribution < 1.29 is 17.9 Å². The number of hydrogen-bond acceptors (Lipinski definition) is 4. The maximum atomic E-state index is 12.7. The van der Waals surface area contributed by atoms with E-state index >= 15 is 0 Å². The van der Waals surface area contributed by atoms with Crippen LogP contribution in [0.1, 0.15) is 18.9 Å². The molecule has 0 unspecified atom stereocenters. The zero-order valence-electron chi connectivity index (χ0n) is 17.4. The summed E-state index contributed by atoms with van der Waals surface area (Å²) in [5, 5.41) is 3.75. The van der Waals surface area contributed by atoms with Crippen molar-refractivity contribution in [1.29, 1.82) is 0 Å². The first-order valence-corrected chi connectivity index (χ1v) is 12.0. The summed E-state index contributed by atoms with van der Waals surface area (Å²) in [6.07, 6.45) is -0.267. The van der Waals surface area contributed by atoms with E-state index in [1.807, 2.05) is 6.92 Å². The van der Waals surface area contributed by atoms with Gasteiger partial charge in [-0.25, -0.2) is 8.42 Å². The van der Waals surface area contributed by atoms with Gasteiger partial charge >= 0.3 is 0 Å². The van der Waals surface area contributed by atoms with Gasteiger partial charge in [0.25, 0.3) is 15.9 Å². The fourth-order valence-electron chi connectivity index (χ4n) is 2.85. The summed E-state index contributed by atoms with van der Waals surface area (Å²) < 4.78 is 33.7. The Balaban J connectivity index is 1.68. The number of carbonyl (C=O) groups is 1. The van der Waals surface area contributed by atoms with Crippen LogP contribution in [0, 0.1) is 6.92 Å². The molecule has 6 nitrogen and oxygen atoms in total. The van der Waals surface area contributed by atoms with Gasteiger partial charge in [0, 0.05) is 15.7 Å². The van der Waals surface area contributed by atoms with Gasteiger partial charge in [0.2, 0.25) is 0 Å². The molecular weight excluding hydrogens is 471 g/mol. The quantitative estimate of drug-likeness (QED) is 0.409. The van der Waals surface area contributed by atoms with E-state index in [0.717, 1.165) is 5.56 Å². The number of hydrogen-bond donors (Lipinski definition) is 2. The molecule has 168 valence electrons. The summed E-state index contributed by atoms with van der Waals surface area (Å²) >= 11 is 11.8. The standard InChI is InChI=1S/C23H22Cl2N2O4S/c1-3-22(31-19-10-6-16(24)7-11-19)23(28)26-18-8-12-20(13-9-18)32(29,30)27-21-14-17(25)5-4-15(21)2/h4-14,22,27H,3H2,1-2H3,(H,26,28)/t22-/m1/s1. The van der Waals surface area contributed by atoms with Crippen molar-refractivity contribution >= 4 is 50.5 Å². The minimum atomic E-state index is -3.82. The number of rotatable bonds is 8. The predicted octanol–water partition coefficient (Wildman–Crippen LogP) is 5.90. The monoisotopic (exact) mass is 492 g/mol. The Hall–Kier alpha value is -2.74. The molecule has 0 aliphatic rings. The fraction of sp³-hybridized carbons (Fsp3) is 0.174. The van der Waals surface area contributed by atoms with Crippen LogP contribution in [0.25, 0.3) is 0 Å². The van der Waals surface area contributed by atoms with Gasteiger partial charge in [-0.1, -0.05) is 36.2 Å². The van der Waals surface area contributed by atoms with Gasteiger partial charge in [-0.2, -0.15) is 0 Å². The van der Waals surface area contributed by atoms with E-state index in [9.17, 15) is 13.2 Å². The second kappa shape index (κ2) is 10.3. The summed E-state index contributed by atoms with van der Waals surface area (Å²) in [7, 11) is -3.82. The largest absolute Gasteiger partial charge is 0.481 e. The zero-order valence-corrected chi connectivity index (χ0v) is 19.8. The first kappa shape index (κ1) is 23.9. The average Bonchev–Trinajstić information content (AvgIpc) is 2.76. The van der Waals surface area contributed by atoms with Crippen LogP contribution in [0.15, 0.2) is 71.6 Å². The van der Waals surface area contributed by atoms with Gasteiger partial charge in [0.15, 0.2) is 6.10 Å². The molecule has 1 atom stereocenters. The van der Waals surface area contributed by atoms with E-state index in [2.05, 4.69) is 10.0 Å². The Morgan fingerprint density at radius 2 is 1.59 bits per heavy atom. The van der Waals surface area contributed by atoms with Crippen LogP contribution < -0.4 is 14.8 Å². The van der Waals surface area contributed by atoms with Crippen molar-refractivity contribution in [3.05, 3.63) is 82.3 Å². The normalized spacial score (nSPS) is 12.1. The highest BCUT2D eigenvalue weighted by Gasteiger charge is 2.20. The first-order valence-electron chi connectivity index (χ1n) is 9.80. The number of halogens is 2. The van der Waals surface area contributed by atoms with Gasteiger partial charge in [-0.05, 0) is 79.6 Å². The second-order valence-electron chi connectivity index (χ2n) is 7.05. The van der Waals surface area contributed by atoms with Crippen LogP contribution in [-0.4, -0.2) is 20.4 Å². The summed E-state index contributed by atoms with van der Waals surface area (Å²) in [6, 6.07) is 17.6. The number of sulfonamides is 1.